The third kappa shape index (κ3) is 3.40. The topological polar surface area (TPSA) is 54.9 Å². The van der Waals surface area contributed by atoms with Crippen LogP contribution in [0.2, 0.25) is 0 Å². The Hall–Kier alpha value is -3.60. The number of nitrogens with one attached hydrogen (secondary N) is 1. The molecule has 0 fully saturated rings. The monoisotopic (exact) mass is 357 g/mol. The molecule has 1 amide bonds. The fraction of sp³-hybridized carbons (Fsp3) is 0.0455. The third-order valence-corrected chi connectivity index (χ3v) is 4.36. The van der Waals surface area contributed by atoms with Gasteiger partial charge in [0.2, 0.25) is 0 Å². The van der Waals surface area contributed by atoms with Crippen LogP contribution in [0.15, 0.2) is 72.9 Å². The molecular formula is C22H16FN3O. The lowest BCUT2D eigenvalue weighted by Gasteiger charge is -2.10. The Balaban J connectivity index is 1.63. The fourth-order valence-corrected chi connectivity index (χ4v) is 2.95. The van der Waals surface area contributed by atoms with E-state index in [4.69, 9.17) is 0 Å². The summed E-state index contributed by atoms with van der Waals surface area (Å²) >= 11 is 0. The molecular weight excluding hydrogens is 341 g/mol. The number of anilines is 1. The number of hydrogen-bond donors (Lipinski definition) is 1. The van der Waals surface area contributed by atoms with Crippen molar-refractivity contribution in [3.8, 4) is 11.4 Å². The maximum absolute atomic E-state index is 13.1. The molecule has 0 aliphatic carbocycles. The number of nitrogens with zero attached hydrogens (tertiary/aromatic N) is 2. The van der Waals surface area contributed by atoms with Crippen molar-refractivity contribution in [3.05, 3.63) is 90.0 Å². The first kappa shape index (κ1) is 16.8. The lowest BCUT2D eigenvalue weighted by atomic mass is 10.1. The summed E-state index contributed by atoms with van der Waals surface area (Å²) in [4.78, 5) is 21.4. The summed E-state index contributed by atoms with van der Waals surface area (Å²) < 4.78 is 13.1. The minimum Gasteiger partial charge on any atom is -0.321 e. The van der Waals surface area contributed by atoms with Gasteiger partial charge in [0.1, 0.15) is 5.82 Å². The number of benzene rings is 3. The molecule has 4 nitrogen and oxygen atoms in total. The Morgan fingerprint density at radius 3 is 2.48 bits per heavy atom. The highest BCUT2D eigenvalue weighted by Crippen LogP contribution is 2.24. The number of amides is 1. The maximum atomic E-state index is 13.1. The predicted molar refractivity (Wildman–Crippen MR) is 104 cm³/mol. The van der Waals surface area contributed by atoms with Gasteiger partial charge >= 0.3 is 0 Å². The molecule has 5 heteroatoms. The van der Waals surface area contributed by atoms with E-state index in [0.29, 0.717) is 22.6 Å². The summed E-state index contributed by atoms with van der Waals surface area (Å²) in [7, 11) is 0. The molecule has 0 saturated carbocycles. The number of rotatable bonds is 3. The summed E-state index contributed by atoms with van der Waals surface area (Å²) in [5, 5.41) is 4.96. The number of halogens is 1. The summed E-state index contributed by atoms with van der Waals surface area (Å²) in [6.45, 7) is 1.76. The van der Waals surface area contributed by atoms with Crippen LogP contribution in [0.3, 0.4) is 0 Å². The van der Waals surface area contributed by atoms with Crippen LogP contribution in [-0.2, 0) is 0 Å². The highest BCUT2D eigenvalue weighted by molar-refractivity contribution is 6.09. The molecule has 4 aromatic rings. The first-order valence-corrected chi connectivity index (χ1v) is 8.50. The maximum Gasteiger partial charge on any atom is 0.259 e. The fourth-order valence-electron chi connectivity index (χ4n) is 2.95. The Morgan fingerprint density at radius 2 is 1.70 bits per heavy atom. The minimum atomic E-state index is -0.318. The van der Waals surface area contributed by atoms with Crippen molar-refractivity contribution in [2.75, 3.05) is 5.32 Å². The van der Waals surface area contributed by atoms with Gasteiger partial charge in [-0.25, -0.2) is 14.4 Å². The zero-order chi connectivity index (χ0) is 18.8. The van der Waals surface area contributed by atoms with Gasteiger partial charge in [0, 0.05) is 22.8 Å². The first-order chi connectivity index (χ1) is 13.1. The van der Waals surface area contributed by atoms with Crippen molar-refractivity contribution in [1.29, 1.82) is 0 Å². The molecule has 1 aromatic heterocycles. The average molecular weight is 357 g/mol. The van der Waals surface area contributed by atoms with E-state index >= 15 is 0 Å². The van der Waals surface area contributed by atoms with Crippen molar-refractivity contribution in [2.45, 2.75) is 6.92 Å². The molecule has 132 valence electrons. The van der Waals surface area contributed by atoms with Gasteiger partial charge in [-0.15, -0.1) is 0 Å². The van der Waals surface area contributed by atoms with Crippen LogP contribution in [0.25, 0.3) is 22.2 Å². The zero-order valence-electron chi connectivity index (χ0n) is 14.6. The van der Waals surface area contributed by atoms with E-state index in [9.17, 15) is 9.18 Å². The van der Waals surface area contributed by atoms with E-state index in [1.54, 1.807) is 19.1 Å². The minimum absolute atomic E-state index is 0.269. The van der Waals surface area contributed by atoms with Crippen molar-refractivity contribution >= 4 is 22.4 Å². The van der Waals surface area contributed by atoms with E-state index in [0.717, 1.165) is 16.5 Å². The molecule has 3 aromatic carbocycles. The van der Waals surface area contributed by atoms with E-state index in [2.05, 4.69) is 15.3 Å². The quantitative estimate of drug-likeness (QED) is 0.561. The summed E-state index contributed by atoms with van der Waals surface area (Å²) in [6, 6.07) is 19.6. The van der Waals surface area contributed by atoms with E-state index < -0.39 is 0 Å². The Kier molecular flexibility index (Phi) is 4.34. The van der Waals surface area contributed by atoms with Crippen LogP contribution in [-0.4, -0.2) is 15.9 Å². The average Bonchev–Trinajstić information content (AvgIpc) is 2.68. The number of aromatic nitrogens is 2. The Morgan fingerprint density at radius 1 is 0.963 bits per heavy atom. The summed E-state index contributed by atoms with van der Waals surface area (Å²) in [5.41, 5.74) is 2.39. The van der Waals surface area contributed by atoms with Crippen LogP contribution >= 0.6 is 0 Å². The van der Waals surface area contributed by atoms with E-state index in [1.165, 1.54) is 18.3 Å². The second-order valence-electron chi connectivity index (χ2n) is 6.18. The lowest BCUT2D eigenvalue weighted by molar-refractivity contribution is 0.102. The van der Waals surface area contributed by atoms with Crippen molar-refractivity contribution < 1.29 is 9.18 Å². The molecule has 0 spiro atoms. The number of hydrogen-bond acceptors (Lipinski definition) is 3. The summed E-state index contributed by atoms with van der Waals surface area (Å²) in [5.74, 6) is -0.134. The number of aryl methyl sites for hydroxylation is 1. The van der Waals surface area contributed by atoms with Crippen molar-refractivity contribution in [2.24, 2.45) is 0 Å². The highest BCUT2D eigenvalue weighted by Gasteiger charge is 2.14. The largest absolute Gasteiger partial charge is 0.321 e. The van der Waals surface area contributed by atoms with Crippen molar-refractivity contribution in [3.63, 3.8) is 0 Å². The molecule has 0 saturated heterocycles. The van der Waals surface area contributed by atoms with Crippen LogP contribution < -0.4 is 5.32 Å². The molecule has 1 N–H and O–H groups in total. The molecule has 0 aliphatic heterocycles. The molecule has 0 unspecified atom stereocenters. The van der Waals surface area contributed by atoms with Gasteiger partial charge in [0.15, 0.2) is 5.82 Å². The smallest absolute Gasteiger partial charge is 0.259 e. The molecule has 0 bridgehead atoms. The van der Waals surface area contributed by atoms with Crippen LogP contribution in [0, 0.1) is 12.7 Å². The first-order valence-electron chi connectivity index (χ1n) is 8.50. The molecule has 4 rings (SSSR count). The second kappa shape index (κ2) is 6.96. The zero-order valence-corrected chi connectivity index (χ0v) is 14.6. The van der Waals surface area contributed by atoms with Gasteiger partial charge in [-0.05, 0) is 42.6 Å². The van der Waals surface area contributed by atoms with Gasteiger partial charge < -0.3 is 5.32 Å². The highest BCUT2D eigenvalue weighted by atomic mass is 19.1. The molecule has 1 heterocycles. The predicted octanol–water partition coefficient (Wildman–Crippen LogP) is 5.00. The number of carbonyl (C=O) groups excluding carboxylic acids is 1. The van der Waals surface area contributed by atoms with Crippen LogP contribution in [0.5, 0.6) is 0 Å². The van der Waals surface area contributed by atoms with Gasteiger partial charge in [-0.2, -0.15) is 0 Å². The molecule has 27 heavy (non-hydrogen) atoms. The third-order valence-electron chi connectivity index (χ3n) is 4.36. The van der Waals surface area contributed by atoms with Gasteiger partial charge in [0.05, 0.1) is 11.3 Å². The molecule has 0 aliphatic rings. The molecule has 0 atom stereocenters. The Labute approximate surface area is 155 Å². The van der Waals surface area contributed by atoms with Crippen LogP contribution in [0.4, 0.5) is 10.1 Å². The number of carbonyl (C=O) groups is 1. The van der Waals surface area contributed by atoms with Crippen LogP contribution in [0.1, 0.15) is 16.1 Å². The molecule has 0 radical (unpaired) electrons. The number of fused-ring (bicyclic) bond motifs is 1. The van der Waals surface area contributed by atoms with Crippen molar-refractivity contribution in [1.82, 2.24) is 9.97 Å². The standard InChI is InChI=1S/C22H16FN3O/c1-14-19(13-24-21(25-14)16-9-11-17(23)12-10-16)22(27)26-20-8-4-6-15-5-2-3-7-18(15)20/h2-13H,1H3,(H,26,27). The van der Waals surface area contributed by atoms with Gasteiger partial charge in [-0.1, -0.05) is 36.4 Å². The Bertz CT molecular complexity index is 1130. The van der Waals surface area contributed by atoms with E-state index in [-0.39, 0.29) is 11.7 Å². The van der Waals surface area contributed by atoms with Gasteiger partial charge in [0.25, 0.3) is 5.91 Å². The van der Waals surface area contributed by atoms with Gasteiger partial charge in [-0.3, -0.25) is 4.79 Å². The SMILES string of the molecule is Cc1nc(-c2ccc(F)cc2)ncc1C(=O)Nc1cccc2ccccc12. The second-order valence-corrected chi connectivity index (χ2v) is 6.18. The summed E-state index contributed by atoms with van der Waals surface area (Å²) in [6.07, 6.45) is 1.50. The lowest BCUT2D eigenvalue weighted by Crippen LogP contribution is -2.15. The van der Waals surface area contributed by atoms with E-state index in [1.807, 2.05) is 42.5 Å². The normalized spacial score (nSPS) is 10.7.